The molecule has 0 fully saturated rings. The lowest BCUT2D eigenvalue weighted by Crippen LogP contribution is -1.84. The number of rotatable bonds is 4. The first-order valence-electron chi connectivity index (χ1n) is 7.04. The molecule has 0 saturated carbocycles. The summed E-state index contributed by atoms with van der Waals surface area (Å²) >= 11 is 8.42. The highest BCUT2D eigenvalue weighted by Gasteiger charge is 2.13. The Morgan fingerprint density at radius 2 is 1.71 bits per heavy atom. The number of methoxy groups -OCH3 is 1. The van der Waals surface area contributed by atoms with Gasteiger partial charge in [0.2, 0.25) is 0 Å². The van der Waals surface area contributed by atoms with Crippen LogP contribution in [0.2, 0.25) is 0 Å². The van der Waals surface area contributed by atoms with Gasteiger partial charge in [0.05, 0.1) is 27.2 Å². The summed E-state index contributed by atoms with van der Waals surface area (Å²) in [5.74, 6) is 0.835. The SMILES string of the molecule is COc1cccc(-c2csc(-c3nc(-c4ccc(Br)s4)cs3)n2)c1. The summed E-state index contributed by atoms with van der Waals surface area (Å²) in [5, 5.41) is 6.04. The second-order valence-electron chi connectivity index (χ2n) is 4.91. The highest BCUT2D eigenvalue weighted by Crippen LogP contribution is 2.36. The highest BCUT2D eigenvalue weighted by molar-refractivity contribution is 9.11. The minimum Gasteiger partial charge on any atom is -0.497 e. The lowest BCUT2D eigenvalue weighted by Gasteiger charge is -2.01. The van der Waals surface area contributed by atoms with Crippen LogP contribution in [0.4, 0.5) is 0 Å². The van der Waals surface area contributed by atoms with Crippen LogP contribution in [0.25, 0.3) is 31.8 Å². The topological polar surface area (TPSA) is 35.0 Å². The number of nitrogens with zero attached hydrogens (tertiary/aromatic N) is 2. The van der Waals surface area contributed by atoms with Crippen LogP contribution in [-0.4, -0.2) is 17.1 Å². The first-order chi connectivity index (χ1) is 11.7. The van der Waals surface area contributed by atoms with Crippen LogP contribution in [0.1, 0.15) is 0 Å². The number of ether oxygens (including phenoxy) is 1. The van der Waals surface area contributed by atoms with E-state index in [9.17, 15) is 0 Å². The summed E-state index contributed by atoms with van der Waals surface area (Å²) in [5.41, 5.74) is 3.00. The summed E-state index contributed by atoms with van der Waals surface area (Å²) in [6.07, 6.45) is 0. The summed E-state index contributed by atoms with van der Waals surface area (Å²) in [6.45, 7) is 0. The van der Waals surface area contributed by atoms with Gasteiger partial charge >= 0.3 is 0 Å². The third-order valence-electron chi connectivity index (χ3n) is 3.38. The predicted molar refractivity (Wildman–Crippen MR) is 106 cm³/mol. The molecule has 0 aliphatic rings. The van der Waals surface area contributed by atoms with Crippen LogP contribution in [0.5, 0.6) is 5.75 Å². The van der Waals surface area contributed by atoms with Crippen molar-refractivity contribution >= 4 is 49.9 Å². The fraction of sp³-hybridized carbons (Fsp3) is 0.0588. The molecule has 3 nitrogen and oxygen atoms in total. The minimum absolute atomic E-state index is 0.835. The van der Waals surface area contributed by atoms with Crippen molar-refractivity contribution in [2.75, 3.05) is 7.11 Å². The fourth-order valence-electron chi connectivity index (χ4n) is 2.22. The molecule has 0 unspecified atom stereocenters. The van der Waals surface area contributed by atoms with E-state index in [4.69, 9.17) is 14.7 Å². The maximum atomic E-state index is 5.28. The van der Waals surface area contributed by atoms with Gasteiger partial charge < -0.3 is 4.74 Å². The number of thiazole rings is 2. The smallest absolute Gasteiger partial charge is 0.152 e. The average molecular weight is 435 g/mol. The fourth-order valence-corrected chi connectivity index (χ4v) is 5.34. The van der Waals surface area contributed by atoms with Crippen molar-refractivity contribution in [2.45, 2.75) is 0 Å². The van der Waals surface area contributed by atoms with Gasteiger partial charge in [-0.15, -0.1) is 34.0 Å². The number of benzene rings is 1. The summed E-state index contributed by atoms with van der Waals surface area (Å²) < 4.78 is 6.40. The van der Waals surface area contributed by atoms with Gasteiger partial charge in [-0.1, -0.05) is 12.1 Å². The number of hydrogen-bond acceptors (Lipinski definition) is 6. The maximum absolute atomic E-state index is 5.28. The largest absolute Gasteiger partial charge is 0.497 e. The second-order valence-corrected chi connectivity index (χ2v) is 9.09. The molecule has 0 saturated heterocycles. The Hall–Kier alpha value is -1.54. The van der Waals surface area contributed by atoms with Gasteiger partial charge in [0.1, 0.15) is 5.75 Å². The van der Waals surface area contributed by atoms with Crippen molar-refractivity contribution in [1.82, 2.24) is 9.97 Å². The molecule has 3 heterocycles. The highest BCUT2D eigenvalue weighted by atomic mass is 79.9. The van der Waals surface area contributed by atoms with E-state index in [1.165, 1.54) is 0 Å². The molecule has 0 amide bonds. The van der Waals surface area contributed by atoms with Crippen LogP contribution in [-0.2, 0) is 0 Å². The van der Waals surface area contributed by atoms with Gasteiger partial charge in [-0.3, -0.25) is 0 Å². The number of hydrogen-bond donors (Lipinski definition) is 0. The van der Waals surface area contributed by atoms with E-state index < -0.39 is 0 Å². The van der Waals surface area contributed by atoms with Gasteiger partial charge in [-0.05, 0) is 40.2 Å². The zero-order chi connectivity index (χ0) is 16.5. The van der Waals surface area contributed by atoms with Gasteiger partial charge in [0.15, 0.2) is 10.0 Å². The number of thiophene rings is 1. The van der Waals surface area contributed by atoms with Crippen LogP contribution >= 0.6 is 49.9 Å². The van der Waals surface area contributed by atoms with Crippen LogP contribution in [0.15, 0.2) is 50.9 Å². The van der Waals surface area contributed by atoms with Crippen molar-refractivity contribution < 1.29 is 4.74 Å². The van der Waals surface area contributed by atoms with Gasteiger partial charge in [0, 0.05) is 16.3 Å². The first-order valence-corrected chi connectivity index (χ1v) is 10.4. The van der Waals surface area contributed by atoms with Gasteiger partial charge in [0.25, 0.3) is 0 Å². The monoisotopic (exact) mass is 434 g/mol. The molecule has 3 aromatic heterocycles. The van der Waals surface area contributed by atoms with Crippen molar-refractivity contribution in [1.29, 1.82) is 0 Å². The first kappa shape index (κ1) is 16.0. The van der Waals surface area contributed by atoms with E-state index in [0.717, 1.165) is 41.4 Å². The predicted octanol–water partition coefficient (Wildman–Crippen LogP) is 6.43. The lowest BCUT2D eigenvalue weighted by molar-refractivity contribution is 0.415. The molecule has 24 heavy (non-hydrogen) atoms. The molecule has 0 radical (unpaired) electrons. The zero-order valence-electron chi connectivity index (χ0n) is 12.5. The van der Waals surface area contributed by atoms with Crippen molar-refractivity contribution in [3.8, 4) is 37.6 Å². The average Bonchev–Trinajstić information content (AvgIpc) is 3.34. The molecule has 0 bridgehead atoms. The molecule has 7 heteroatoms. The summed E-state index contributed by atoms with van der Waals surface area (Å²) in [6, 6.07) is 12.1. The Labute approximate surface area is 159 Å². The molecule has 0 aliphatic carbocycles. The molecule has 4 rings (SSSR count). The zero-order valence-corrected chi connectivity index (χ0v) is 16.6. The molecule has 0 aliphatic heterocycles. The van der Waals surface area contributed by atoms with Crippen molar-refractivity contribution in [2.24, 2.45) is 0 Å². The van der Waals surface area contributed by atoms with Gasteiger partial charge in [-0.25, -0.2) is 9.97 Å². The molecule has 4 aromatic rings. The van der Waals surface area contributed by atoms with Crippen molar-refractivity contribution in [3.05, 3.63) is 50.9 Å². The van der Waals surface area contributed by atoms with Crippen molar-refractivity contribution in [3.63, 3.8) is 0 Å². The Morgan fingerprint density at radius 3 is 2.42 bits per heavy atom. The Morgan fingerprint density at radius 1 is 0.958 bits per heavy atom. The van der Waals surface area contributed by atoms with E-state index in [2.05, 4.69) is 32.8 Å². The third-order valence-corrected chi connectivity index (χ3v) is 6.86. The Balaban J connectivity index is 1.64. The normalized spacial score (nSPS) is 10.9. The molecule has 120 valence electrons. The quantitative estimate of drug-likeness (QED) is 0.370. The molecular formula is C17H11BrN2OS3. The summed E-state index contributed by atoms with van der Waals surface area (Å²) in [7, 11) is 1.67. The molecule has 1 aromatic carbocycles. The number of halogens is 1. The minimum atomic E-state index is 0.835. The Bertz CT molecular complexity index is 989. The van der Waals surface area contributed by atoms with E-state index >= 15 is 0 Å². The molecular weight excluding hydrogens is 424 g/mol. The Kier molecular flexibility index (Phi) is 4.49. The van der Waals surface area contributed by atoms with E-state index in [1.54, 1.807) is 41.1 Å². The summed E-state index contributed by atoms with van der Waals surface area (Å²) in [4.78, 5) is 10.6. The standard InChI is InChI=1S/C17H11BrN2OS3/c1-21-11-4-2-3-10(7-11)12-8-22-16(19-12)17-20-13(9-23-17)14-5-6-15(18)24-14/h2-9H,1H3. The van der Waals surface area contributed by atoms with E-state index in [1.807, 2.05) is 30.3 Å². The van der Waals surface area contributed by atoms with Crippen LogP contribution in [0, 0.1) is 0 Å². The molecule has 0 N–H and O–H groups in total. The van der Waals surface area contributed by atoms with Crippen LogP contribution in [0.3, 0.4) is 0 Å². The molecule has 0 atom stereocenters. The van der Waals surface area contributed by atoms with E-state index in [0.29, 0.717) is 0 Å². The molecule has 0 spiro atoms. The number of aromatic nitrogens is 2. The van der Waals surface area contributed by atoms with Gasteiger partial charge in [-0.2, -0.15) is 0 Å². The van der Waals surface area contributed by atoms with Crippen LogP contribution < -0.4 is 4.74 Å². The second kappa shape index (κ2) is 6.76. The maximum Gasteiger partial charge on any atom is 0.152 e. The lowest BCUT2D eigenvalue weighted by atomic mass is 10.2. The third kappa shape index (κ3) is 3.17. The van der Waals surface area contributed by atoms with E-state index in [-0.39, 0.29) is 0 Å².